The number of nitrogens with zero attached hydrogens (tertiary/aromatic N) is 5. The lowest BCUT2D eigenvalue weighted by molar-refractivity contribution is -0.384. The van der Waals surface area contributed by atoms with E-state index in [1.54, 1.807) is 0 Å². The van der Waals surface area contributed by atoms with E-state index >= 15 is 0 Å². The van der Waals surface area contributed by atoms with Crippen molar-refractivity contribution < 1.29 is 4.92 Å². The lowest BCUT2D eigenvalue weighted by Gasteiger charge is -2.00. The number of hydrogen-bond acceptors (Lipinski definition) is 6. The SMILES string of the molecule is Nc1nc(-n2nccn2)ccc1[N+](=O)[O-]. The number of rotatable bonds is 2. The normalized spacial score (nSPS) is 10.1. The van der Waals surface area contributed by atoms with Crippen molar-refractivity contribution in [3.8, 4) is 5.82 Å². The molecule has 0 unspecified atom stereocenters. The van der Waals surface area contributed by atoms with Gasteiger partial charge in [0.15, 0.2) is 5.82 Å². The fourth-order valence-electron chi connectivity index (χ4n) is 1.06. The molecule has 2 aromatic rings. The van der Waals surface area contributed by atoms with Crippen LogP contribution in [-0.2, 0) is 0 Å². The van der Waals surface area contributed by atoms with Gasteiger partial charge < -0.3 is 5.73 Å². The van der Waals surface area contributed by atoms with Crippen molar-refractivity contribution in [2.45, 2.75) is 0 Å². The minimum Gasteiger partial charge on any atom is -0.378 e. The van der Waals surface area contributed by atoms with Gasteiger partial charge in [-0.15, -0.1) is 4.80 Å². The van der Waals surface area contributed by atoms with Gasteiger partial charge in [0, 0.05) is 6.07 Å². The maximum atomic E-state index is 10.5. The molecule has 0 bridgehead atoms. The molecular weight excluding hydrogens is 200 g/mol. The molecule has 2 heterocycles. The zero-order chi connectivity index (χ0) is 10.8. The number of anilines is 1. The summed E-state index contributed by atoms with van der Waals surface area (Å²) in [4.78, 5) is 14.9. The van der Waals surface area contributed by atoms with E-state index in [1.165, 1.54) is 29.3 Å². The third-order valence-corrected chi connectivity index (χ3v) is 1.71. The second-order valence-electron chi connectivity index (χ2n) is 2.65. The van der Waals surface area contributed by atoms with E-state index in [1.807, 2.05) is 0 Å². The lowest BCUT2D eigenvalue weighted by Crippen LogP contribution is -2.05. The van der Waals surface area contributed by atoms with Crippen LogP contribution in [0.3, 0.4) is 0 Å². The lowest BCUT2D eigenvalue weighted by atomic mass is 10.4. The maximum Gasteiger partial charge on any atom is 0.311 e. The quantitative estimate of drug-likeness (QED) is 0.552. The molecule has 0 saturated carbocycles. The molecule has 0 amide bonds. The van der Waals surface area contributed by atoms with Crippen LogP contribution < -0.4 is 5.73 Å². The predicted molar refractivity (Wildman–Crippen MR) is 50.2 cm³/mol. The Morgan fingerprint density at radius 1 is 1.33 bits per heavy atom. The van der Waals surface area contributed by atoms with Crippen LogP contribution in [-0.4, -0.2) is 24.9 Å². The molecule has 0 aliphatic rings. The highest BCUT2D eigenvalue weighted by atomic mass is 16.6. The Balaban J connectivity index is 2.47. The second kappa shape index (κ2) is 3.33. The van der Waals surface area contributed by atoms with Crippen LogP contribution >= 0.6 is 0 Å². The summed E-state index contributed by atoms with van der Waals surface area (Å²) in [5.41, 5.74) is 5.18. The molecule has 8 heteroatoms. The van der Waals surface area contributed by atoms with Crippen LogP contribution in [0.15, 0.2) is 24.5 Å². The van der Waals surface area contributed by atoms with Gasteiger partial charge in [-0.2, -0.15) is 10.2 Å². The zero-order valence-corrected chi connectivity index (χ0v) is 7.44. The van der Waals surface area contributed by atoms with Gasteiger partial charge in [-0.3, -0.25) is 10.1 Å². The van der Waals surface area contributed by atoms with Crippen LogP contribution in [0, 0.1) is 10.1 Å². The van der Waals surface area contributed by atoms with Crippen molar-refractivity contribution in [3.63, 3.8) is 0 Å². The molecule has 0 aromatic carbocycles. The molecule has 0 aliphatic carbocycles. The number of aromatic nitrogens is 4. The molecule has 8 nitrogen and oxygen atoms in total. The van der Waals surface area contributed by atoms with E-state index < -0.39 is 4.92 Å². The Morgan fingerprint density at radius 2 is 2.00 bits per heavy atom. The molecule has 0 radical (unpaired) electrons. The average Bonchev–Trinajstić information content (AvgIpc) is 2.69. The predicted octanol–water partition coefficient (Wildman–Crippen LogP) is 0.153. The highest BCUT2D eigenvalue weighted by Crippen LogP contribution is 2.19. The highest BCUT2D eigenvalue weighted by Gasteiger charge is 2.13. The fraction of sp³-hybridized carbons (Fsp3) is 0. The van der Waals surface area contributed by atoms with Crippen molar-refractivity contribution in [3.05, 3.63) is 34.6 Å². The average molecular weight is 206 g/mol. The first-order chi connectivity index (χ1) is 7.18. The first-order valence-electron chi connectivity index (χ1n) is 3.96. The smallest absolute Gasteiger partial charge is 0.311 e. The van der Waals surface area contributed by atoms with Gasteiger partial charge in [-0.25, -0.2) is 4.98 Å². The third kappa shape index (κ3) is 1.59. The summed E-state index contributed by atoms with van der Waals surface area (Å²) in [5, 5.41) is 18.1. The minimum absolute atomic E-state index is 0.158. The van der Waals surface area contributed by atoms with Crippen molar-refractivity contribution in [1.82, 2.24) is 20.0 Å². The van der Waals surface area contributed by atoms with Crippen molar-refractivity contribution in [2.24, 2.45) is 0 Å². The zero-order valence-electron chi connectivity index (χ0n) is 7.44. The van der Waals surface area contributed by atoms with Crippen LogP contribution in [0.5, 0.6) is 0 Å². The molecular formula is C7H6N6O2. The molecule has 0 fully saturated rings. The van der Waals surface area contributed by atoms with Crippen molar-refractivity contribution >= 4 is 11.5 Å². The molecule has 0 aliphatic heterocycles. The molecule has 2 aromatic heterocycles. The van der Waals surface area contributed by atoms with Crippen molar-refractivity contribution in [2.75, 3.05) is 5.73 Å². The van der Waals surface area contributed by atoms with Gasteiger partial charge in [-0.1, -0.05) is 0 Å². The summed E-state index contributed by atoms with van der Waals surface area (Å²) in [6, 6.07) is 2.69. The largest absolute Gasteiger partial charge is 0.378 e. The molecule has 2 N–H and O–H groups in total. The monoisotopic (exact) mass is 206 g/mol. The van der Waals surface area contributed by atoms with Crippen LogP contribution in [0.25, 0.3) is 5.82 Å². The van der Waals surface area contributed by atoms with E-state index in [0.29, 0.717) is 5.82 Å². The standard InChI is InChI=1S/C7H6N6O2/c8-7-5(13(14)15)1-2-6(11-7)12-9-3-4-10-12/h1-4H,(H2,8,11). The van der Waals surface area contributed by atoms with E-state index in [2.05, 4.69) is 15.2 Å². The molecule has 2 rings (SSSR count). The first kappa shape index (κ1) is 9.06. The molecule has 0 atom stereocenters. The number of nitrogens with two attached hydrogens (primary N) is 1. The van der Waals surface area contributed by atoms with Gasteiger partial charge in [0.2, 0.25) is 5.82 Å². The maximum absolute atomic E-state index is 10.5. The van der Waals surface area contributed by atoms with Crippen LogP contribution in [0.1, 0.15) is 0 Å². The number of nitro groups is 1. The summed E-state index contributed by atoms with van der Waals surface area (Å²) in [6.07, 6.45) is 2.94. The van der Waals surface area contributed by atoms with E-state index in [9.17, 15) is 10.1 Å². The molecule has 76 valence electrons. The Hall–Kier alpha value is -2.51. The van der Waals surface area contributed by atoms with E-state index in [0.717, 1.165) is 0 Å². The summed E-state index contributed by atoms with van der Waals surface area (Å²) in [6.45, 7) is 0. The van der Waals surface area contributed by atoms with Crippen LogP contribution in [0.2, 0.25) is 0 Å². The summed E-state index contributed by atoms with van der Waals surface area (Å²) in [5.74, 6) is 0.179. The van der Waals surface area contributed by atoms with Crippen molar-refractivity contribution in [1.29, 1.82) is 0 Å². The Labute approximate surface area is 83.5 Å². The van der Waals surface area contributed by atoms with Gasteiger partial charge in [0.25, 0.3) is 0 Å². The Kier molecular flexibility index (Phi) is 2.01. The highest BCUT2D eigenvalue weighted by molar-refractivity contribution is 5.54. The topological polar surface area (TPSA) is 113 Å². The van der Waals surface area contributed by atoms with Gasteiger partial charge in [0.1, 0.15) is 0 Å². The number of pyridine rings is 1. The fourth-order valence-corrected chi connectivity index (χ4v) is 1.06. The van der Waals surface area contributed by atoms with E-state index in [-0.39, 0.29) is 11.5 Å². The summed E-state index contributed by atoms with van der Waals surface area (Å²) in [7, 11) is 0. The number of nitrogen functional groups attached to an aromatic ring is 1. The van der Waals surface area contributed by atoms with Gasteiger partial charge in [-0.05, 0) is 6.07 Å². The molecule has 15 heavy (non-hydrogen) atoms. The van der Waals surface area contributed by atoms with Gasteiger partial charge in [0.05, 0.1) is 17.3 Å². The first-order valence-corrected chi connectivity index (χ1v) is 3.96. The Bertz CT molecular complexity index is 494. The summed E-state index contributed by atoms with van der Waals surface area (Å²) < 4.78 is 0. The van der Waals surface area contributed by atoms with Gasteiger partial charge >= 0.3 is 5.69 Å². The van der Waals surface area contributed by atoms with E-state index in [4.69, 9.17) is 5.73 Å². The molecule has 0 saturated heterocycles. The third-order valence-electron chi connectivity index (χ3n) is 1.71. The summed E-state index contributed by atoms with van der Waals surface area (Å²) >= 11 is 0. The number of hydrogen-bond donors (Lipinski definition) is 1. The second-order valence-corrected chi connectivity index (χ2v) is 2.65. The Morgan fingerprint density at radius 3 is 2.53 bits per heavy atom. The molecule has 0 spiro atoms. The minimum atomic E-state index is -0.595. The van der Waals surface area contributed by atoms with Crippen LogP contribution in [0.4, 0.5) is 11.5 Å².